The van der Waals surface area contributed by atoms with Gasteiger partial charge in [0.15, 0.2) is 17.5 Å². The highest BCUT2D eigenvalue weighted by Gasteiger charge is 2.48. The van der Waals surface area contributed by atoms with Crippen LogP contribution < -0.4 is 0 Å². The number of rotatable bonds is 5. The number of hydrogen-bond donors (Lipinski definition) is 3. The monoisotopic (exact) mass is 535 g/mol. The number of nitrogens with zero attached hydrogens (tertiary/aromatic N) is 5. The van der Waals surface area contributed by atoms with Crippen LogP contribution in [0.4, 0.5) is 13.2 Å². The highest BCUT2D eigenvalue weighted by Crippen LogP contribution is 2.41. The van der Waals surface area contributed by atoms with Gasteiger partial charge in [0.2, 0.25) is 0 Å². The third kappa shape index (κ3) is 4.51. The molecule has 0 aliphatic carbocycles. The Labute approximate surface area is 213 Å². The summed E-state index contributed by atoms with van der Waals surface area (Å²) < 4.78 is 49.4. The SMILES string of the molecule is Cn1ncc(-c2cccc(Cl)c2)c1[C@@H]1O[C@H](CO)[C@H](O)[C@H](n2cc(-c3cc(F)c(F)c(F)c3)nn2)[C@H]1O. The maximum Gasteiger partial charge on any atom is 0.194 e. The van der Waals surface area contributed by atoms with Crippen LogP contribution in [0.2, 0.25) is 5.02 Å². The van der Waals surface area contributed by atoms with E-state index in [1.165, 1.54) is 10.9 Å². The minimum absolute atomic E-state index is 0.0269. The smallest absolute Gasteiger partial charge is 0.194 e. The summed E-state index contributed by atoms with van der Waals surface area (Å²) in [6.07, 6.45) is -2.25. The first-order valence-electron chi connectivity index (χ1n) is 11.2. The van der Waals surface area contributed by atoms with Gasteiger partial charge in [-0.05, 0) is 29.8 Å². The largest absolute Gasteiger partial charge is 0.394 e. The number of ether oxygens (including phenoxy) is 1. The molecule has 13 heteroatoms. The minimum Gasteiger partial charge on any atom is -0.394 e. The molecule has 1 fully saturated rings. The van der Waals surface area contributed by atoms with Crippen molar-refractivity contribution in [2.24, 2.45) is 7.05 Å². The van der Waals surface area contributed by atoms with E-state index < -0.39 is 54.5 Å². The van der Waals surface area contributed by atoms with Crippen LogP contribution >= 0.6 is 11.6 Å². The molecule has 0 saturated carbocycles. The summed E-state index contributed by atoms with van der Waals surface area (Å²) in [5, 5.41) is 44.8. The molecule has 0 spiro atoms. The van der Waals surface area contributed by atoms with E-state index in [9.17, 15) is 28.5 Å². The predicted octanol–water partition coefficient (Wildman–Crippen LogP) is 2.81. The summed E-state index contributed by atoms with van der Waals surface area (Å²) in [7, 11) is 1.65. The topological polar surface area (TPSA) is 118 Å². The molecule has 9 nitrogen and oxygen atoms in total. The Morgan fingerprint density at radius 3 is 2.46 bits per heavy atom. The molecular weight excluding hydrogens is 515 g/mol. The minimum atomic E-state index is -1.62. The predicted molar refractivity (Wildman–Crippen MR) is 125 cm³/mol. The van der Waals surface area contributed by atoms with Crippen LogP contribution in [0.3, 0.4) is 0 Å². The van der Waals surface area contributed by atoms with Gasteiger partial charge in [0.05, 0.1) is 24.7 Å². The van der Waals surface area contributed by atoms with Gasteiger partial charge in [0, 0.05) is 23.2 Å². The Kier molecular flexibility index (Phi) is 6.77. The van der Waals surface area contributed by atoms with E-state index in [2.05, 4.69) is 15.4 Å². The molecule has 2 aromatic heterocycles. The standard InChI is InChI=1S/C24H21ClF3N5O4/c1-32-20(14(8-29-32)11-3-2-4-13(25)5-11)24-23(36)21(22(35)18(10-34)37-24)33-9-17(30-31-33)12-6-15(26)19(28)16(27)7-12/h2-9,18,21-24,34-36H,10H2,1H3/t18-,21+,22+,23-,24+/m1/s1. The van der Waals surface area contributed by atoms with Crippen LogP contribution in [-0.2, 0) is 11.8 Å². The molecule has 0 amide bonds. The molecule has 1 aliphatic rings. The van der Waals surface area contributed by atoms with Crippen LogP contribution in [-0.4, -0.2) is 65.0 Å². The molecule has 0 unspecified atom stereocenters. The van der Waals surface area contributed by atoms with Gasteiger partial charge in [-0.1, -0.05) is 28.9 Å². The van der Waals surface area contributed by atoms with Gasteiger partial charge in [-0.25, -0.2) is 17.9 Å². The van der Waals surface area contributed by atoms with E-state index in [1.807, 2.05) is 6.07 Å². The number of benzene rings is 2. The lowest BCUT2D eigenvalue weighted by Crippen LogP contribution is -2.53. The number of aliphatic hydroxyl groups is 3. The van der Waals surface area contributed by atoms with E-state index in [0.29, 0.717) is 21.8 Å². The summed E-state index contributed by atoms with van der Waals surface area (Å²) in [5.41, 5.74) is 1.65. The van der Waals surface area contributed by atoms with Crippen molar-refractivity contribution in [2.45, 2.75) is 30.5 Å². The summed E-state index contributed by atoms with van der Waals surface area (Å²) in [4.78, 5) is 0. The van der Waals surface area contributed by atoms with Crippen molar-refractivity contribution in [3.8, 4) is 22.4 Å². The van der Waals surface area contributed by atoms with Crippen LogP contribution in [0.1, 0.15) is 17.8 Å². The van der Waals surface area contributed by atoms with Gasteiger partial charge in [-0.3, -0.25) is 4.68 Å². The highest BCUT2D eigenvalue weighted by molar-refractivity contribution is 6.30. The Morgan fingerprint density at radius 1 is 1.05 bits per heavy atom. The van der Waals surface area contributed by atoms with Crippen LogP contribution in [0.15, 0.2) is 48.8 Å². The average molecular weight is 536 g/mol. The Morgan fingerprint density at radius 2 is 1.78 bits per heavy atom. The van der Waals surface area contributed by atoms with Gasteiger partial charge in [0.1, 0.15) is 36.2 Å². The Hall–Kier alpha value is -3.29. The fraction of sp³-hybridized carbons (Fsp3) is 0.292. The van der Waals surface area contributed by atoms with E-state index >= 15 is 0 Å². The zero-order chi connectivity index (χ0) is 26.4. The number of hydrogen-bond acceptors (Lipinski definition) is 7. The zero-order valence-corrected chi connectivity index (χ0v) is 20.0. The van der Waals surface area contributed by atoms with Gasteiger partial charge < -0.3 is 20.1 Å². The van der Waals surface area contributed by atoms with Crippen molar-refractivity contribution in [1.29, 1.82) is 0 Å². The van der Waals surface area contributed by atoms with Crippen LogP contribution in [0.5, 0.6) is 0 Å². The second-order valence-electron chi connectivity index (χ2n) is 8.66. The molecule has 3 N–H and O–H groups in total. The molecule has 5 rings (SSSR count). The van der Waals surface area contributed by atoms with Crippen LogP contribution in [0, 0.1) is 17.5 Å². The highest BCUT2D eigenvalue weighted by atomic mass is 35.5. The number of aliphatic hydroxyl groups excluding tert-OH is 3. The molecule has 3 heterocycles. The van der Waals surface area contributed by atoms with E-state index in [-0.39, 0.29) is 11.3 Å². The molecule has 1 aliphatic heterocycles. The van der Waals surface area contributed by atoms with E-state index in [0.717, 1.165) is 16.8 Å². The number of aryl methyl sites for hydroxylation is 1. The summed E-state index contributed by atoms with van der Waals surface area (Å²) in [6.45, 7) is -0.582. The van der Waals surface area contributed by atoms with Crippen molar-refractivity contribution in [1.82, 2.24) is 24.8 Å². The lowest BCUT2D eigenvalue weighted by Gasteiger charge is -2.42. The van der Waals surface area contributed by atoms with Gasteiger partial charge >= 0.3 is 0 Å². The molecular formula is C24H21ClF3N5O4. The van der Waals surface area contributed by atoms with Gasteiger partial charge in [0.25, 0.3) is 0 Å². The molecule has 1 saturated heterocycles. The van der Waals surface area contributed by atoms with E-state index in [4.69, 9.17) is 16.3 Å². The second-order valence-corrected chi connectivity index (χ2v) is 9.10. The van der Waals surface area contributed by atoms with E-state index in [1.54, 1.807) is 31.4 Å². The molecule has 194 valence electrons. The average Bonchev–Trinajstić information content (AvgIpc) is 3.50. The molecule has 5 atom stereocenters. The van der Waals surface area contributed by atoms with Crippen molar-refractivity contribution < 1.29 is 33.2 Å². The first-order chi connectivity index (χ1) is 17.7. The maximum absolute atomic E-state index is 13.7. The lowest BCUT2D eigenvalue weighted by atomic mass is 9.89. The maximum atomic E-state index is 13.7. The second kappa shape index (κ2) is 9.88. The van der Waals surface area contributed by atoms with Crippen LogP contribution in [0.25, 0.3) is 22.4 Å². The Bertz CT molecular complexity index is 1420. The normalized spacial score (nSPS) is 23.9. The molecule has 4 aromatic rings. The summed E-state index contributed by atoms with van der Waals surface area (Å²) >= 11 is 6.16. The van der Waals surface area contributed by atoms with Crippen molar-refractivity contribution in [3.05, 3.63) is 77.0 Å². The fourth-order valence-corrected chi connectivity index (χ4v) is 4.75. The summed E-state index contributed by atoms with van der Waals surface area (Å²) in [6, 6.07) is 7.33. The number of aromatic nitrogens is 5. The zero-order valence-electron chi connectivity index (χ0n) is 19.2. The third-order valence-corrected chi connectivity index (χ3v) is 6.61. The summed E-state index contributed by atoms with van der Waals surface area (Å²) in [5.74, 6) is -4.42. The molecule has 37 heavy (non-hydrogen) atoms. The third-order valence-electron chi connectivity index (χ3n) is 6.38. The molecule has 0 bridgehead atoms. The fourth-order valence-electron chi connectivity index (χ4n) is 4.56. The number of halogens is 4. The van der Waals surface area contributed by atoms with Crippen molar-refractivity contribution in [3.63, 3.8) is 0 Å². The van der Waals surface area contributed by atoms with Crippen molar-refractivity contribution in [2.75, 3.05) is 6.61 Å². The van der Waals surface area contributed by atoms with Crippen molar-refractivity contribution >= 4 is 11.6 Å². The molecule has 0 radical (unpaired) electrons. The van der Waals surface area contributed by atoms with Gasteiger partial charge in [-0.15, -0.1) is 5.10 Å². The van der Waals surface area contributed by atoms with Gasteiger partial charge in [-0.2, -0.15) is 5.10 Å². The lowest BCUT2D eigenvalue weighted by molar-refractivity contribution is -0.209. The quantitative estimate of drug-likeness (QED) is 0.336. The Balaban J connectivity index is 1.54. The molecule has 2 aromatic carbocycles. The first-order valence-corrected chi connectivity index (χ1v) is 11.5. The first kappa shape index (κ1) is 25.4.